The molecule has 1 saturated carbocycles. The van der Waals surface area contributed by atoms with Crippen LogP contribution in [-0.2, 0) is 9.53 Å². The monoisotopic (exact) mass is 422 g/mol. The average molecular weight is 423 g/mol. The highest BCUT2D eigenvalue weighted by Crippen LogP contribution is 2.34. The molecule has 3 rings (SSSR count). The molecule has 140 valence electrons. The number of nitrogens with one attached hydrogen (secondary N) is 2. The Hall–Kier alpha value is -2.02. The second kappa shape index (κ2) is 7.70. The fraction of sp³-hybridized carbons (Fsp3) is 0.474. The number of halogens is 1. The van der Waals surface area contributed by atoms with Crippen molar-refractivity contribution in [3.63, 3.8) is 0 Å². The van der Waals surface area contributed by atoms with Gasteiger partial charge in [-0.3, -0.25) is 0 Å². The van der Waals surface area contributed by atoms with Crippen LogP contribution >= 0.6 is 15.9 Å². The maximum Gasteiger partial charge on any atom is 0.338 e. The van der Waals surface area contributed by atoms with Crippen molar-refractivity contribution < 1.29 is 19.1 Å². The van der Waals surface area contributed by atoms with Gasteiger partial charge in [0.2, 0.25) is 0 Å². The van der Waals surface area contributed by atoms with Gasteiger partial charge in [-0.1, -0.05) is 13.0 Å². The fourth-order valence-corrected chi connectivity index (χ4v) is 4.12. The number of rotatable bonds is 4. The van der Waals surface area contributed by atoms with E-state index in [2.05, 4.69) is 33.5 Å². The number of urea groups is 1. The fourth-order valence-electron chi connectivity index (χ4n) is 3.56. The molecular weight excluding hydrogens is 400 g/mol. The van der Waals surface area contributed by atoms with Crippen LogP contribution in [0.4, 0.5) is 4.79 Å². The van der Waals surface area contributed by atoms with Crippen molar-refractivity contribution in [2.75, 3.05) is 7.11 Å². The smallest absolute Gasteiger partial charge is 0.338 e. The number of hydrogen-bond donors (Lipinski definition) is 2. The van der Waals surface area contributed by atoms with Crippen LogP contribution in [0.3, 0.4) is 0 Å². The number of hydrogen-bond acceptors (Lipinski definition) is 4. The van der Waals surface area contributed by atoms with E-state index in [-0.39, 0.29) is 18.1 Å². The first-order valence-electron chi connectivity index (χ1n) is 8.73. The molecule has 7 heteroatoms. The third-order valence-electron chi connectivity index (χ3n) is 5.04. The second-order valence-corrected chi connectivity index (χ2v) is 7.67. The molecule has 3 atom stereocenters. The largest absolute Gasteiger partial charge is 0.496 e. The average Bonchev–Trinajstić information content (AvgIpc) is 2.98. The van der Waals surface area contributed by atoms with Gasteiger partial charge in [0, 0.05) is 5.70 Å². The molecule has 1 aliphatic carbocycles. The number of carbonyl (C=O) groups is 2. The molecule has 2 amide bonds. The maximum absolute atomic E-state index is 12.9. The minimum Gasteiger partial charge on any atom is -0.496 e. The zero-order chi connectivity index (χ0) is 18.8. The molecule has 0 bridgehead atoms. The Kier molecular flexibility index (Phi) is 5.55. The van der Waals surface area contributed by atoms with Crippen molar-refractivity contribution in [3.8, 4) is 5.75 Å². The Morgan fingerprint density at radius 3 is 2.69 bits per heavy atom. The highest BCUT2D eigenvalue weighted by atomic mass is 79.9. The van der Waals surface area contributed by atoms with Crippen LogP contribution in [0.5, 0.6) is 5.75 Å². The molecule has 1 aromatic rings. The summed E-state index contributed by atoms with van der Waals surface area (Å²) in [6, 6.07) is 4.55. The molecular formula is C19H23BrN2O4. The summed E-state index contributed by atoms with van der Waals surface area (Å²) in [6.45, 7) is 3.82. The summed E-state index contributed by atoms with van der Waals surface area (Å²) in [5, 5.41) is 5.50. The van der Waals surface area contributed by atoms with Gasteiger partial charge in [0.1, 0.15) is 11.9 Å². The summed E-state index contributed by atoms with van der Waals surface area (Å²) in [7, 11) is 1.59. The molecule has 0 aromatic heterocycles. The number of esters is 1. The molecule has 26 heavy (non-hydrogen) atoms. The van der Waals surface area contributed by atoms with E-state index in [1.54, 1.807) is 20.1 Å². The van der Waals surface area contributed by atoms with Gasteiger partial charge < -0.3 is 20.1 Å². The van der Waals surface area contributed by atoms with Crippen molar-refractivity contribution in [1.82, 2.24) is 10.6 Å². The summed E-state index contributed by atoms with van der Waals surface area (Å²) >= 11 is 3.45. The number of amides is 2. The summed E-state index contributed by atoms with van der Waals surface area (Å²) in [5.74, 6) is 0.656. The van der Waals surface area contributed by atoms with E-state index in [4.69, 9.17) is 9.47 Å². The quantitative estimate of drug-likeness (QED) is 0.722. The third-order valence-corrected chi connectivity index (χ3v) is 5.66. The molecule has 2 N–H and O–H groups in total. The zero-order valence-electron chi connectivity index (χ0n) is 15.1. The number of carbonyl (C=O) groups excluding carboxylic acids is 2. The first kappa shape index (κ1) is 18.8. The van der Waals surface area contributed by atoms with Gasteiger partial charge in [-0.05, 0) is 65.7 Å². The normalized spacial score (nSPS) is 25.5. The van der Waals surface area contributed by atoms with Crippen LogP contribution in [0.15, 0.2) is 33.9 Å². The van der Waals surface area contributed by atoms with Gasteiger partial charge in [-0.15, -0.1) is 0 Å². The Morgan fingerprint density at radius 1 is 1.31 bits per heavy atom. The van der Waals surface area contributed by atoms with Gasteiger partial charge in [0.05, 0.1) is 23.2 Å². The van der Waals surface area contributed by atoms with Gasteiger partial charge in [0.15, 0.2) is 0 Å². The number of methoxy groups -OCH3 is 1. The van der Waals surface area contributed by atoms with Crippen LogP contribution in [0.1, 0.15) is 44.7 Å². The lowest BCUT2D eigenvalue weighted by Gasteiger charge is -2.29. The van der Waals surface area contributed by atoms with E-state index in [1.165, 1.54) is 0 Å². The van der Waals surface area contributed by atoms with Gasteiger partial charge in [0.25, 0.3) is 0 Å². The van der Waals surface area contributed by atoms with Gasteiger partial charge in [-0.2, -0.15) is 0 Å². The molecule has 1 heterocycles. The highest BCUT2D eigenvalue weighted by molar-refractivity contribution is 9.10. The predicted octanol–water partition coefficient (Wildman–Crippen LogP) is 3.82. The molecule has 1 aromatic carbocycles. The molecule has 0 radical (unpaired) electrons. The van der Waals surface area contributed by atoms with Crippen molar-refractivity contribution in [2.24, 2.45) is 5.92 Å². The number of ether oxygens (including phenoxy) is 2. The van der Waals surface area contributed by atoms with Crippen molar-refractivity contribution in [3.05, 3.63) is 39.5 Å². The summed E-state index contributed by atoms with van der Waals surface area (Å²) in [6.07, 6.45) is 2.96. The van der Waals surface area contributed by atoms with Crippen molar-refractivity contribution >= 4 is 27.9 Å². The molecule has 1 fully saturated rings. The van der Waals surface area contributed by atoms with E-state index in [9.17, 15) is 9.59 Å². The van der Waals surface area contributed by atoms with Crippen molar-refractivity contribution in [1.29, 1.82) is 0 Å². The number of allylic oxidation sites excluding steroid dienone is 1. The summed E-state index contributed by atoms with van der Waals surface area (Å²) in [4.78, 5) is 24.9. The predicted molar refractivity (Wildman–Crippen MR) is 101 cm³/mol. The SMILES string of the molecule is COc1ccc([C@H]2NC(=O)NC(C)=C2C(=O)O[C@H]2CCC[C@@H]2C)cc1Br. The summed E-state index contributed by atoms with van der Waals surface area (Å²) in [5.41, 5.74) is 1.72. The molecule has 6 nitrogen and oxygen atoms in total. The van der Waals surface area contributed by atoms with Crippen LogP contribution in [-0.4, -0.2) is 25.2 Å². The molecule has 0 unspecified atom stereocenters. The number of benzene rings is 1. The van der Waals surface area contributed by atoms with Gasteiger partial charge in [-0.25, -0.2) is 9.59 Å². The molecule has 1 aliphatic heterocycles. The van der Waals surface area contributed by atoms with E-state index < -0.39 is 6.04 Å². The second-order valence-electron chi connectivity index (χ2n) is 6.82. The third kappa shape index (κ3) is 3.72. The molecule has 2 aliphatic rings. The lowest BCUT2D eigenvalue weighted by atomic mass is 9.95. The van der Waals surface area contributed by atoms with E-state index in [0.717, 1.165) is 29.3 Å². The Morgan fingerprint density at radius 2 is 2.08 bits per heavy atom. The Labute approximate surface area is 161 Å². The highest BCUT2D eigenvalue weighted by Gasteiger charge is 2.35. The molecule has 0 saturated heterocycles. The Balaban J connectivity index is 1.91. The van der Waals surface area contributed by atoms with Crippen LogP contribution < -0.4 is 15.4 Å². The zero-order valence-corrected chi connectivity index (χ0v) is 16.7. The maximum atomic E-state index is 12.9. The minimum atomic E-state index is -0.574. The lowest BCUT2D eigenvalue weighted by Crippen LogP contribution is -2.45. The van der Waals surface area contributed by atoms with Crippen molar-refractivity contribution in [2.45, 2.75) is 45.3 Å². The first-order valence-corrected chi connectivity index (χ1v) is 9.52. The molecule has 0 spiro atoms. The van der Waals surface area contributed by atoms with Gasteiger partial charge >= 0.3 is 12.0 Å². The first-order chi connectivity index (χ1) is 12.4. The standard InChI is InChI=1S/C19H23BrN2O4/c1-10-5-4-6-14(10)26-18(23)16-11(2)21-19(24)22-17(16)12-7-8-15(25-3)13(20)9-12/h7-10,14,17H,4-6H2,1-3H3,(H2,21,22,24)/t10-,14-,17+/m0/s1. The van der Waals surface area contributed by atoms with E-state index >= 15 is 0 Å². The van der Waals surface area contributed by atoms with Crippen LogP contribution in [0.25, 0.3) is 0 Å². The van der Waals surface area contributed by atoms with Crippen LogP contribution in [0, 0.1) is 5.92 Å². The topological polar surface area (TPSA) is 76.7 Å². The van der Waals surface area contributed by atoms with E-state index in [1.807, 2.05) is 12.1 Å². The Bertz CT molecular complexity index is 762. The van der Waals surface area contributed by atoms with Crippen LogP contribution in [0.2, 0.25) is 0 Å². The summed E-state index contributed by atoms with van der Waals surface area (Å²) < 4.78 is 11.8. The van der Waals surface area contributed by atoms with E-state index in [0.29, 0.717) is 22.9 Å². The lowest BCUT2D eigenvalue weighted by molar-refractivity contribution is -0.146. The minimum absolute atomic E-state index is 0.0660.